The van der Waals surface area contributed by atoms with E-state index in [4.69, 9.17) is 0 Å². The number of carbonyl (C=O) groups is 2. The van der Waals surface area contributed by atoms with Gasteiger partial charge < -0.3 is 5.32 Å². The number of thioether (sulfide) groups is 1. The summed E-state index contributed by atoms with van der Waals surface area (Å²) >= 11 is 1.23. The van der Waals surface area contributed by atoms with Crippen LogP contribution in [0.25, 0.3) is 0 Å². The molecule has 0 saturated carbocycles. The Morgan fingerprint density at radius 3 is 2.27 bits per heavy atom. The van der Waals surface area contributed by atoms with E-state index >= 15 is 0 Å². The third-order valence-corrected chi connectivity index (χ3v) is 5.83. The largest absolute Gasteiger partial charge is 0.350 e. The van der Waals surface area contributed by atoms with E-state index in [1.54, 1.807) is 0 Å². The Bertz CT molecular complexity index is 1160. The van der Waals surface area contributed by atoms with Gasteiger partial charge in [-0.2, -0.15) is 0 Å². The summed E-state index contributed by atoms with van der Waals surface area (Å²) < 4.78 is 13.4. The number of anilines is 2. The van der Waals surface area contributed by atoms with E-state index in [1.165, 1.54) is 36.0 Å². The van der Waals surface area contributed by atoms with Crippen molar-refractivity contribution >= 4 is 35.0 Å². The van der Waals surface area contributed by atoms with Crippen molar-refractivity contribution in [3.8, 4) is 0 Å². The van der Waals surface area contributed by atoms with Crippen molar-refractivity contribution in [1.82, 2.24) is 0 Å². The van der Waals surface area contributed by atoms with E-state index in [9.17, 15) is 14.0 Å². The van der Waals surface area contributed by atoms with E-state index in [2.05, 4.69) is 5.32 Å². The maximum Gasteiger partial charge on any atom is 0.283 e. The topological polar surface area (TPSA) is 49.4 Å². The number of nitrogens with zero attached hydrogens (tertiary/aromatic N) is 1. The number of benzene rings is 3. The van der Waals surface area contributed by atoms with Crippen LogP contribution >= 0.6 is 11.8 Å². The molecule has 0 aliphatic carbocycles. The molecule has 3 aromatic rings. The maximum absolute atomic E-state index is 13.4. The number of nitrogens with one attached hydrogen (secondary N) is 1. The van der Waals surface area contributed by atoms with Crippen LogP contribution in [0, 0.1) is 19.7 Å². The van der Waals surface area contributed by atoms with Crippen LogP contribution in [0.4, 0.5) is 15.8 Å². The van der Waals surface area contributed by atoms with Crippen molar-refractivity contribution in [3.05, 3.63) is 100 Å². The normalized spacial score (nSPS) is 13.9. The molecule has 0 unspecified atom stereocenters. The second-order valence-electron chi connectivity index (χ2n) is 6.98. The van der Waals surface area contributed by atoms with Gasteiger partial charge in [0.05, 0.1) is 5.69 Å². The number of aryl methyl sites for hydroxylation is 2. The van der Waals surface area contributed by atoms with Crippen LogP contribution in [0.3, 0.4) is 0 Å². The van der Waals surface area contributed by atoms with E-state index < -0.39 is 17.6 Å². The maximum atomic E-state index is 13.4. The first-order valence-electron chi connectivity index (χ1n) is 9.40. The Hall–Kier alpha value is -3.38. The Kier molecular flexibility index (Phi) is 5.42. The molecule has 4 nitrogen and oxygen atoms in total. The van der Waals surface area contributed by atoms with Crippen LogP contribution in [-0.2, 0) is 9.59 Å². The first-order chi connectivity index (χ1) is 14.4. The Morgan fingerprint density at radius 2 is 1.57 bits per heavy atom. The smallest absolute Gasteiger partial charge is 0.283 e. The molecule has 0 saturated heterocycles. The van der Waals surface area contributed by atoms with E-state index in [-0.39, 0.29) is 5.70 Å². The van der Waals surface area contributed by atoms with Crippen LogP contribution in [-0.4, -0.2) is 11.8 Å². The van der Waals surface area contributed by atoms with Gasteiger partial charge in [0.1, 0.15) is 16.4 Å². The molecule has 1 aliphatic rings. The lowest BCUT2D eigenvalue weighted by Crippen LogP contribution is -2.32. The quantitative estimate of drug-likeness (QED) is 0.561. The van der Waals surface area contributed by atoms with Crippen LogP contribution in [0.15, 0.2) is 88.3 Å². The molecule has 4 rings (SSSR count). The zero-order valence-electron chi connectivity index (χ0n) is 16.5. The predicted molar refractivity (Wildman–Crippen MR) is 118 cm³/mol. The van der Waals surface area contributed by atoms with E-state index in [0.717, 1.165) is 26.6 Å². The summed E-state index contributed by atoms with van der Waals surface area (Å²) in [5, 5.41) is 3.18. The minimum atomic E-state index is -0.467. The number of imide groups is 1. The fraction of sp³-hybridized carbons (Fsp3) is 0.0833. The molecule has 0 atom stereocenters. The summed E-state index contributed by atoms with van der Waals surface area (Å²) in [6.45, 7) is 3.90. The minimum Gasteiger partial charge on any atom is -0.350 e. The molecular formula is C24H19FN2O2S. The molecule has 1 heterocycles. The molecule has 2 amide bonds. The van der Waals surface area contributed by atoms with Crippen LogP contribution in [0.1, 0.15) is 11.1 Å². The lowest BCUT2D eigenvalue weighted by Gasteiger charge is -2.15. The lowest BCUT2D eigenvalue weighted by molar-refractivity contribution is -0.120. The van der Waals surface area contributed by atoms with Crippen molar-refractivity contribution in [1.29, 1.82) is 0 Å². The van der Waals surface area contributed by atoms with Crippen LogP contribution < -0.4 is 10.2 Å². The highest BCUT2D eigenvalue weighted by atomic mass is 32.2. The van der Waals surface area contributed by atoms with Crippen molar-refractivity contribution in [3.63, 3.8) is 0 Å². The van der Waals surface area contributed by atoms with Crippen LogP contribution in [0.2, 0.25) is 0 Å². The highest BCUT2D eigenvalue weighted by Crippen LogP contribution is 2.38. The van der Waals surface area contributed by atoms with Crippen molar-refractivity contribution in [2.24, 2.45) is 0 Å². The molecule has 0 radical (unpaired) electrons. The van der Waals surface area contributed by atoms with Crippen molar-refractivity contribution in [2.75, 3.05) is 10.2 Å². The first kappa shape index (κ1) is 19.9. The molecular weight excluding hydrogens is 399 g/mol. The van der Waals surface area contributed by atoms with Gasteiger partial charge in [-0.15, -0.1) is 0 Å². The minimum absolute atomic E-state index is 0.215. The highest BCUT2D eigenvalue weighted by molar-refractivity contribution is 8.04. The van der Waals surface area contributed by atoms with Gasteiger partial charge in [0.25, 0.3) is 11.8 Å². The average molecular weight is 418 g/mol. The highest BCUT2D eigenvalue weighted by Gasteiger charge is 2.40. The summed E-state index contributed by atoms with van der Waals surface area (Å²) in [5.74, 6) is -1.34. The number of hydrogen-bond acceptors (Lipinski definition) is 4. The monoisotopic (exact) mass is 418 g/mol. The molecule has 0 bridgehead atoms. The molecule has 1 N–H and O–H groups in total. The van der Waals surface area contributed by atoms with Crippen molar-refractivity contribution < 1.29 is 14.0 Å². The summed E-state index contributed by atoms with van der Waals surface area (Å²) in [6.07, 6.45) is 0. The third kappa shape index (κ3) is 3.86. The van der Waals surface area contributed by atoms with Gasteiger partial charge in [-0.3, -0.25) is 9.59 Å². The number of carbonyl (C=O) groups excluding carboxylic acids is 2. The van der Waals surface area contributed by atoms with Gasteiger partial charge >= 0.3 is 0 Å². The molecule has 3 aromatic carbocycles. The van der Waals surface area contributed by atoms with Gasteiger partial charge in [-0.05, 0) is 67.4 Å². The molecule has 30 heavy (non-hydrogen) atoms. The summed E-state index contributed by atoms with van der Waals surface area (Å²) in [6, 6.07) is 20.6. The lowest BCUT2D eigenvalue weighted by atomic mass is 10.1. The average Bonchev–Trinajstić information content (AvgIpc) is 2.96. The molecule has 1 aliphatic heterocycles. The number of amides is 2. The fourth-order valence-corrected chi connectivity index (χ4v) is 4.10. The molecule has 150 valence electrons. The van der Waals surface area contributed by atoms with Gasteiger partial charge in [0.2, 0.25) is 0 Å². The number of hydrogen-bond donors (Lipinski definition) is 1. The Balaban J connectivity index is 1.77. The zero-order chi connectivity index (χ0) is 21.3. The molecule has 6 heteroatoms. The summed E-state index contributed by atoms with van der Waals surface area (Å²) in [7, 11) is 0. The van der Waals surface area contributed by atoms with Crippen molar-refractivity contribution in [2.45, 2.75) is 18.7 Å². The fourth-order valence-electron chi connectivity index (χ4n) is 3.15. The molecule has 0 fully saturated rings. The second kappa shape index (κ2) is 8.16. The van der Waals surface area contributed by atoms with Gasteiger partial charge in [0.15, 0.2) is 0 Å². The zero-order valence-corrected chi connectivity index (χ0v) is 17.3. The summed E-state index contributed by atoms with van der Waals surface area (Å²) in [4.78, 5) is 28.8. The predicted octanol–water partition coefficient (Wildman–Crippen LogP) is 5.43. The summed E-state index contributed by atoms with van der Waals surface area (Å²) in [5.41, 5.74) is 3.30. The van der Waals surface area contributed by atoms with E-state index in [1.807, 2.05) is 62.4 Å². The van der Waals surface area contributed by atoms with Gasteiger partial charge in [-0.1, -0.05) is 42.1 Å². The van der Waals surface area contributed by atoms with E-state index in [0.29, 0.717) is 10.6 Å². The van der Waals surface area contributed by atoms with Gasteiger partial charge in [-0.25, -0.2) is 9.29 Å². The first-order valence-corrected chi connectivity index (χ1v) is 10.2. The van der Waals surface area contributed by atoms with Crippen LogP contribution in [0.5, 0.6) is 0 Å². The molecule has 0 aromatic heterocycles. The van der Waals surface area contributed by atoms with Gasteiger partial charge in [0, 0.05) is 10.6 Å². The second-order valence-corrected chi connectivity index (χ2v) is 8.07. The third-order valence-electron chi connectivity index (χ3n) is 4.74. The molecule has 0 spiro atoms. The number of halogens is 1. The number of rotatable bonds is 5. The standard InChI is InChI=1S/C24H19FN2O2S/c1-15-8-9-16(2)20(14-15)26-21-22(30-19-6-4-3-5-7-19)24(29)27(23(21)28)18-12-10-17(25)11-13-18/h3-14,26H,1-2H3. The SMILES string of the molecule is Cc1ccc(C)c(NC2=C(Sc3ccccc3)C(=O)N(c3ccc(F)cc3)C2=O)c1. The Morgan fingerprint density at radius 1 is 0.867 bits per heavy atom. The Labute approximate surface area is 178 Å².